The van der Waals surface area contributed by atoms with Crippen LogP contribution >= 0.6 is 11.6 Å². The zero-order valence-electron chi connectivity index (χ0n) is 13.3. The highest BCUT2D eigenvalue weighted by atomic mass is 35.5. The normalized spacial score (nSPS) is 15.3. The third-order valence-electron chi connectivity index (χ3n) is 4.02. The lowest BCUT2D eigenvalue weighted by Gasteiger charge is -2.08. The fourth-order valence-electron chi connectivity index (χ4n) is 2.76. The molecule has 24 heavy (non-hydrogen) atoms. The van der Waals surface area contributed by atoms with Crippen molar-refractivity contribution in [3.63, 3.8) is 0 Å². The van der Waals surface area contributed by atoms with Crippen LogP contribution < -0.4 is 0 Å². The van der Waals surface area contributed by atoms with Gasteiger partial charge in [-0.25, -0.2) is 8.42 Å². The second-order valence-electron chi connectivity index (χ2n) is 5.82. The number of hydrogen-bond acceptors (Lipinski definition) is 3. The summed E-state index contributed by atoms with van der Waals surface area (Å²) < 4.78 is 23.2. The lowest BCUT2D eigenvalue weighted by Crippen LogP contribution is -2.21. The molecule has 0 bridgehead atoms. The highest BCUT2D eigenvalue weighted by Gasteiger charge is 2.29. The van der Waals surface area contributed by atoms with Crippen molar-refractivity contribution in [3.05, 3.63) is 64.7 Å². The Labute approximate surface area is 146 Å². The van der Waals surface area contributed by atoms with Crippen LogP contribution in [0.4, 0.5) is 0 Å². The minimum atomic E-state index is -3.26. The third kappa shape index (κ3) is 3.09. The van der Waals surface area contributed by atoms with Gasteiger partial charge in [-0.2, -0.15) is 0 Å². The molecule has 0 radical (unpaired) electrons. The van der Waals surface area contributed by atoms with Crippen molar-refractivity contribution in [1.29, 1.82) is 0 Å². The lowest BCUT2D eigenvalue weighted by atomic mass is 9.97. The number of rotatable bonds is 3. The Kier molecular flexibility index (Phi) is 4.24. The fraction of sp³-hybridized carbons (Fsp3) is 0.167. The van der Waals surface area contributed by atoms with Gasteiger partial charge in [-0.1, -0.05) is 35.9 Å². The molecule has 0 saturated heterocycles. The summed E-state index contributed by atoms with van der Waals surface area (Å²) in [6, 6.07) is 13.8. The Morgan fingerprint density at radius 3 is 2.04 bits per heavy atom. The van der Waals surface area contributed by atoms with Crippen molar-refractivity contribution in [2.45, 2.75) is 4.90 Å². The summed E-state index contributed by atoms with van der Waals surface area (Å²) in [6.45, 7) is 0.504. The average Bonchev–Trinajstić information content (AvgIpc) is 2.83. The van der Waals surface area contributed by atoms with E-state index in [4.69, 9.17) is 11.6 Å². The van der Waals surface area contributed by atoms with Gasteiger partial charge in [0.25, 0.3) is 5.91 Å². The van der Waals surface area contributed by atoms with Gasteiger partial charge in [0.15, 0.2) is 9.84 Å². The van der Waals surface area contributed by atoms with Crippen LogP contribution in [-0.2, 0) is 14.6 Å². The van der Waals surface area contributed by atoms with E-state index in [1.807, 2.05) is 12.1 Å². The molecule has 2 aromatic rings. The zero-order valence-corrected chi connectivity index (χ0v) is 14.9. The molecule has 3 rings (SSSR count). The van der Waals surface area contributed by atoms with Crippen molar-refractivity contribution in [3.8, 4) is 0 Å². The quantitative estimate of drug-likeness (QED) is 0.844. The Hall–Kier alpha value is -2.11. The van der Waals surface area contributed by atoms with E-state index in [0.717, 1.165) is 17.4 Å². The van der Waals surface area contributed by atoms with E-state index in [9.17, 15) is 13.2 Å². The summed E-state index contributed by atoms with van der Waals surface area (Å²) >= 11 is 5.94. The molecule has 0 aliphatic carbocycles. The number of hydrogen-bond donors (Lipinski definition) is 0. The van der Waals surface area contributed by atoms with Gasteiger partial charge in [0, 0.05) is 24.9 Å². The van der Waals surface area contributed by atoms with E-state index in [1.165, 1.54) is 12.1 Å². The van der Waals surface area contributed by atoms with Crippen molar-refractivity contribution in [2.24, 2.45) is 0 Å². The minimum absolute atomic E-state index is 0.0768. The molecule has 0 unspecified atom stereocenters. The largest absolute Gasteiger partial charge is 0.337 e. The molecule has 0 N–H and O–H groups in total. The van der Waals surface area contributed by atoms with Crippen LogP contribution in [0.1, 0.15) is 11.1 Å². The standard InChI is InChI=1S/C18H16ClNO3S/c1-20-11-16(12-3-7-14(19)8-4-12)17(18(20)21)13-5-9-15(10-6-13)24(2,22)23/h3-10H,11H2,1-2H3. The van der Waals surface area contributed by atoms with E-state index in [-0.39, 0.29) is 10.8 Å². The number of sulfone groups is 1. The fourth-order valence-corrected chi connectivity index (χ4v) is 3.52. The van der Waals surface area contributed by atoms with Crippen LogP contribution in [0.5, 0.6) is 0 Å². The van der Waals surface area contributed by atoms with E-state index in [2.05, 4.69) is 0 Å². The lowest BCUT2D eigenvalue weighted by molar-refractivity contribution is -0.122. The molecule has 0 fully saturated rings. The third-order valence-corrected chi connectivity index (χ3v) is 5.40. The molecule has 1 aliphatic heterocycles. The predicted molar refractivity (Wildman–Crippen MR) is 95.5 cm³/mol. The summed E-state index contributed by atoms with van der Waals surface area (Å²) in [7, 11) is -1.52. The first-order chi connectivity index (χ1) is 11.3. The predicted octanol–water partition coefficient (Wildman–Crippen LogP) is 3.13. The molecule has 124 valence electrons. The van der Waals surface area contributed by atoms with E-state index < -0.39 is 9.84 Å². The molecule has 0 aromatic heterocycles. The Morgan fingerprint density at radius 1 is 0.958 bits per heavy atom. The van der Waals surface area contributed by atoms with Crippen LogP contribution in [0.25, 0.3) is 11.1 Å². The topological polar surface area (TPSA) is 54.5 Å². The molecule has 0 saturated carbocycles. The SMILES string of the molecule is CN1CC(c2ccc(Cl)cc2)=C(c2ccc(S(C)(=O)=O)cc2)C1=O. The smallest absolute Gasteiger partial charge is 0.254 e. The highest BCUT2D eigenvalue weighted by molar-refractivity contribution is 7.90. The molecule has 6 heteroatoms. The maximum Gasteiger partial charge on any atom is 0.254 e. The zero-order chi connectivity index (χ0) is 17.5. The maximum absolute atomic E-state index is 12.6. The number of carbonyl (C=O) groups excluding carboxylic acids is 1. The first-order valence-corrected chi connectivity index (χ1v) is 9.59. The molecular weight excluding hydrogens is 346 g/mol. The number of amides is 1. The van der Waals surface area contributed by atoms with Gasteiger partial charge in [0.05, 0.1) is 10.5 Å². The van der Waals surface area contributed by atoms with Crippen LogP contribution in [0, 0.1) is 0 Å². The number of benzene rings is 2. The van der Waals surface area contributed by atoms with Crippen molar-refractivity contribution in [1.82, 2.24) is 4.90 Å². The van der Waals surface area contributed by atoms with Crippen LogP contribution in [0.2, 0.25) is 5.02 Å². The molecule has 1 aliphatic rings. The van der Waals surface area contributed by atoms with Gasteiger partial charge < -0.3 is 4.90 Å². The summed E-state index contributed by atoms with van der Waals surface area (Å²) in [5.41, 5.74) is 3.15. The van der Waals surface area contributed by atoms with Gasteiger partial charge in [-0.15, -0.1) is 0 Å². The monoisotopic (exact) mass is 361 g/mol. The summed E-state index contributed by atoms with van der Waals surface area (Å²) in [4.78, 5) is 14.4. The summed E-state index contributed by atoms with van der Waals surface area (Å²) in [6.07, 6.45) is 1.16. The Balaban J connectivity index is 2.12. The van der Waals surface area contributed by atoms with E-state index in [0.29, 0.717) is 22.7 Å². The van der Waals surface area contributed by atoms with Crippen LogP contribution in [-0.4, -0.2) is 39.1 Å². The first-order valence-electron chi connectivity index (χ1n) is 7.32. The van der Waals surface area contributed by atoms with Crippen LogP contribution in [0.15, 0.2) is 53.4 Å². The van der Waals surface area contributed by atoms with Crippen LogP contribution in [0.3, 0.4) is 0 Å². The van der Waals surface area contributed by atoms with Crippen molar-refractivity contribution < 1.29 is 13.2 Å². The van der Waals surface area contributed by atoms with Gasteiger partial charge >= 0.3 is 0 Å². The second kappa shape index (κ2) is 6.07. The van der Waals surface area contributed by atoms with E-state index >= 15 is 0 Å². The van der Waals surface area contributed by atoms with Gasteiger partial charge in [-0.05, 0) is 41.0 Å². The summed E-state index contributed by atoms with van der Waals surface area (Å²) in [5.74, 6) is -0.0768. The highest BCUT2D eigenvalue weighted by Crippen LogP contribution is 2.34. The number of carbonyl (C=O) groups is 1. The maximum atomic E-state index is 12.6. The molecule has 2 aromatic carbocycles. The average molecular weight is 362 g/mol. The molecule has 4 nitrogen and oxygen atoms in total. The minimum Gasteiger partial charge on any atom is -0.337 e. The molecule has 1 heterocycles. The first kappa shape index (κ1) is 16.7. The van der Waals surface area contributed by atoms with Crippen molar-refractivity contribution in [2.75, 3.05) is 19.8 Å². The molecule has 0 spiro atoms. The summed E-state index contributed by atoms with van der Waals surface area (Å²) in [5, 5.41) is 0.635. The van der Waals surface area contributed by atoms with E-state index in [1.54, 1.807) is 36.2 Å². The van der Waals surface area contributed by atoms with Gasteiger partial charge in [0.1, 0.15) is 0 Å². The molecular formula is C18H16ClNO3S. The Morgan fingerprint density at radius 2 is 1.50 bits per heavy atom. The van der Waals surface area contributed by atoms with Gasteiger partial charge in [0.2, 0.25) is 0 Å². The second-order valence-corrected chi connectivity index (χ2v) is 8.27. The number of likely N-dealkylation sites (N-methyl/N-ethyl adjacent to an activating group) is 1. The van der Waals surface area contributed by atoms with Crippen molar-refractivity contribution >= 4 is 38.5 Å². The molecule has 1 amide bonds. The Bertz CT molecular complexity index is 929. The molecule has 0 atom stereocenters. The number of nitrogens with zero attached hydrogens (tertiary/aromatic N) is 1. The van der Waals surface area contributed by atoms with Gasteiger partial charge in [-0.3, -0.25) is 4.79 Å². The number of halogens is 1.